The molecule has 1 fully saturated rings. The Labute approximate surface area is 107 Å². The fourth-order valence-corrected chi connectivity index (χ4v) is 2.62. The summed E-state index contributed by atoms with van der Waals surface area (Å²) >= 11 is 2.01. The molecule has 94 valence electrons. The van der Waals surface area contributed by atoms with Crippen LogP contribution in [0.2, 0.25) is 0 Å². The van der Waals surface area contributed by atoms with E-state index in [1.807, 2.05) is 11.8 Å². The summed E-state index contributed by atoms with van der Waals surface area (Å²) in [5.41, 5.74) is 1.01. The van der Waals surface area contributed by atoms with Crippen molar-refractivity contribution < 1.29 is 0 Å². The number of thioether (sulfide) groups is 1. The van der Waals surface area contributed by atoms with E-state index in [2.05, 4.69) is 46.4 Å². The molecule has 4 nitrogen and oxygen atoms in total. The maximum atomic E-state index is 4.31. The Bertz CT molecular complexity index is 333. The van der Waals surface area contributed by atoms with E-state index in [1.165, 1.54) is 11.5 Å². The normalized spacial score (nSPS) is 16.5. The highest BCUT2D eigenvalue weighted by Crippen LogP contribution is 2.16. The first-order valence-electron chi connectivity index (χ1n) is 6.14. The molecular weight excluding hydrogens is 232 g/mol. The molecule has 5 heteroatoms. The van der Waals surface area contributed by atoms with Crippen molar-refractivity contribution in [2.75, 3.05) is 29.5 Å². The summed E-state index contributed by atoms with van der Waals surface area (Å²) in [5, 5.41) is 11.9. The van der Waals surface area contributed by atoms with Gasteiger partial charge in [0, 0.05) is 37.2 Å². The largest absolute Gasteiger partial charge is 0.353 e. The summed E-state index contributed by atoms with van der Waals surface area (Å²) in [6.45, 7) is 7.23. The van der Waals surface area contributed by atoms with E-state index in [4.69, 9.17) is 0 Å². The molecule has 1 aliphatic heterocycles. The number of hydrogen-bond donors (Lipinski definition) is 1. The molecule has 0 amide bonds. The standard InChI is InChI=1S/C12H20N4S/c1-10(2)13-9-11-3-4-12(15-14-11)16-5-7-17-8-6-16/h3-4,10,13H,5-9H2,1-2H3. The number of nitrogens with one attached hydrogen (secondary N) is 1. The Morgan fingerprint density at radius 2 is 2.06 bits per heavy atom. The van der Waals surface area contributed by atoms with Crippen LogP contribution in [0.4, 0.5) is 5.82 Å². The number of anilines is 1. The van der Waals surface area contributed by atoms with Crippen LogP contribution >= 0.6 is 11.8 Å². The summed E-state index contributed by atoms with van der Waals surface area (Å²) in [4.78, 5) is 2.31. The van der Waals surface area contributed by atoms with Crippen molar-refractivity contribution in [3.8, 4) is 0 Å². The smallest absolute Gasteiger partial charge is 0.151 e. The fraction of sp³-hybridized carbons (Fsp3) is 0.667. The molecule has 0 saturated carbocycles. The molecule has 0 unspecified atom stereocenters. The third kappa shape index (κ3) is 3.85. The summed E-state index contributed by atoms with van der Waals surface area (Å²) in [6.07, 6.45) is 0. The van der Waals surface area contributed by atoms with Crippen molar-refractivity contribution in [2.24, 2.45) is 0 Å². The van der Waals surface area contributed by atoms with Gasteiger partial charge in [0.15, 0.2) is 5.82 Å². The molecular formula is C12H20N4S. The van der Waals surface area contributed by atoms with Gasteiger partial charge in [-0.1, -0.05) is 13.8 Å². The van der Waals surface area contributed by atoms with Crippen LogP contribution in [0.3, 0.4) is 0 Å². The van der Waals surface area contributed by atoms with Gasteiger partial charge < -0.3 is 10.2 Å². The van der Waals surface area contributed by atoms with Gasteiger partial charge in [-0.05, 0) is 12.1 Å². The Balaban J connectivity index is 1.92. The molecule has 0 spiro atoms. The fourth-order valence-electron chi connectivity index (χ4n) is 1.72. The van der Waals surface area contributed by atoms with Crippen molar-refractivity contribution in [2.45, 2.75) is 26.4 Å². The third-order valence-corrected chi connectivity index (χ3v) is 3.67. The lowest BCUT2D eigenvalue weighted by molar-refractivity contribution is 0.577. The molecule has 1 aromatic rings. The summed E-state index contributed by atoms with van der Waals surface area (Å²) in [5.74, 6) is 3.40. The van der Waals surface area contributed by atoms with Crippen molar-refractivity contribution in [1.29, 1.82) is 0 Å². The molecule has 0 aromatic carbocycles. The first-order chi connectivity index (χ1) is 8.25. The average Bonchev–Trinajstić information content (AvgIpc) is 2.38. The van der Waals surface area contributed by atoms with Gasteiger partial charge in [0.2, 0.25) is 0 Å². The lowest BCUT2D eigenvalue weighted by atomic mass is 10.3. The van der Waals surface area contributed by atoms with Crippen molar-refractivity contribution in [1.82, 2.24) is 15.5 Å². The third-order valence-electron chi connectivity index (χ3n) is 2.73. The molecule has 0 aliphatic carbocycles. The van der Waals surface area contributed by atoms with Crippen molar-refractivity contribution >= 4 is 17.6 Å². The van der Waals surface area contributed by atoms with E-state index >= 15 is 0 Å². The van der Waals surface area contributed by atoms with Crippen LogP contribution in [0, 0.1) is 0 Å². The van der Waals surface area contributed by atoms with Gasteiger partial charge in [0.05, 0.1) is 5.69 Å². The van der Waals surface area contributed by atoms with Gasteiger partial charge in [-0.3, -0.25) is 0 Å². The van der Waals surface area contributed by atoms with E-state index in [0.717, 1.165) is 31.1 Å². The highest BCUT2D eigenvalue weighted by atomic mass is 32.2. The molecule has 0 bridgehead atoms. The lowest BCUT2D eigenvalue weighted by Crippen LogP contribution is -2.33. The van der Waals surface area contributed by atoms with Gasteiger partial charge in [-0.25, -0.2) is 0 Å². The highest BCUT2D eigenvalue weighted by molar-refractivity contribution is 7.99. The molecule has 1 aliphatic rings. The number of nitrogens with zero attached hydrogens (tertiary/aromatic N) is 3. The van der Waals surface area contributed by atoms with Crippen molar-refractivity contribution in [3.05, 3.63) is 17.8 Å². The quantitative estimate of drug-likeness (QED) is 0.880. The Morgan fingerprint density at radius 3 is 2.65 bits per heavy atom. The van der Waals surface area contributed by atoms with Crippen molar-refractivity contribution in [3.63, 3.8) is 0 Å². The molecule has 1 N–H and O–H groups in total. The summed E-state index contributed by atoms with van der Waals surface area (Å²) in [7, 11) is 0. The van der Waals surface area contributed by atoms with Crippen LogP contribution in [0.15, 0.2) is 12.1 Å². The van der Waals surface area contributed by atoms with Gasteiger partial charge in [0.25, 0.3) is 0 Å². The minimum atomic E-state index is 0.482. The zero-order chi connectivity index (χ0) is 12.1. The zero-order valence-electron chi connectivity index (χ0n) is 10.5. The maximum Gasteiger partial charge on any atom is 0.151 e. The average molecular weight is 252 g/mol. The van der Waals surface area contributed by atoms with Crippen LogP contribution < -0.4 is 10.2 Å². The summed E-state index contributed by atoms with van der Waals surface area (Å²) < 4.78 is 0. The number of hydrogen-bond acceptors (Lipinski definition) is 5. The zero-order valence-corrected chi connectivity index (χ0v) is 11.3. The minimum absolute atomic E-state index is 0.482. The van der Waals surface area contributed by atoms with E-state index < -0.39 is 0 Å². The topological polar surface area (TPSA) is 41.0 Å². The van der Waals surface area contributed by atoms with Gasteiger partial charge in [-0.15, -0.1) is 5.10 Å². The van der Waals surface area contributed by atoms with Crippen LogP contribution in [-0.4, -0.2) is 40.8 Å². The lowest BCUT2D eigenvalue weighted by Gasteiger charge is -2.26. The van der Waals surface area contributed by atoms with Crippen LogP contribution in [0.1, 0.15) is 19.5 Å². The first kappa shape index (κ1) is 12.6. The van der Waals surface area contributed by atoms with Crippen LogP contribution in [0.25, 0.3) is 0 Å². The summed E-state index contributed by atoms with van der Waals surface area (Å²) in [6, 6.07) is 4.63. The van der Waals surface area contributed by atoms with Gasteiger partial charge in [0.1, 0.15) is 0 Å². The van der Waals surface area contributed by atoms with E-state index in [1.54, 1.807) is 0 Å². The predicted octanol–water partition coefficient (Wildman–Crippen LogP) is 1.53. The second-order valence-electron chi connectivity index (χ2n) is 4.52. The minimum Gasteiger partial charge on any atom is -0.353 e. The van der Waals surface area contributed by atoms with E-state index in [9.17, 15) is 0 Å². The second-order valence-corrected chi connectivity index (χ2v) is 5.74. The first-order valence-corrected chi connectivity index (χ1v) is 7.30. The van der Waals surface area contributed by atoms with Crippen LogP contribution in [-0.2, 0) is 6.54 Å². The SMILES string of the molecule is CC(C)NCc1ccc(N2CCSCC2)nn1. The van der Waals surface area contributed by atoms with Crippen LogP contribution in [0.5, 0.6) is 0 Å². The molecule has 0 radical (unpaired) electrons. The Hall–Kier alpha value is -0.810. The van der Waals surface area contributed by atoms with E-state index in [-0.39, 0.29) is 0 Å². The number of rotatable bonds is 4. The number of aromatic nitrogens is 2. The molecule has 2 rings (SSSR count). The van der Waals surface area contributed by atoms with Gasteiger partial charge >= 0.3 is 0 Å². The Morgan fingerprint density at radius 1 is 1.29 bits per heavy atom. The van der Waals surface area contributed by atoms with Gasteiger partial charge in [-0.2, -0.15) is 16.9 Å². The monoisotopic (exact) mass is 252 g/mol. The molecule has 2 heterocycles. The predicted molar refractivity (Wildman–Crippen MR) is 73.5 cm³/mol. The molecule has 17 heavy (non-hydrogen) atoms. The maximum absolute atomic E-state index is 4.31. The second kappa shape index (κ2) is 6.21. The van der Waals surface area contributed by atoms with E-state index in [0.29, 0.717) is 6.04 Å². The molecule has 1 aromatic heterocycles. The Kier molecular flexibility index (Phi) is 4.62. The molecule has 1 saturated heterocycles. The molecule has 0 atom stereocenters. The highest BCUT2D eigenvalue weighted by Gasteiger charge is 2.12.